The Bertz CT molecular complexity index is 560. The molecule has 0 saturated heterocycles. The Morgan fingerprint density at radius 3 is 2.67 bits per heavy atom. The first kappa shape index (κ1) is 13.1. The van der Waals surface area contributed by atoms with Gasteiger partial charge in [0.25, 0.3) is 0 Å². The van der Waals surface area contributed by atoms with E-state index in [-0.39, 0.29) is 18.0 Å². The maximum atomic E-state index is 11.3. The van der Waals surface area contributed by atoms with Crippen molar-refractivity contribution in [3.63, 3.8) is 0 Å². The Morgan fingerprint density at radius 2 is 2.17 bits per heavy atom. The minimum atomic E-state index is -1.38. The highest BCUT2D eigenvalue weighted by Crippen LogP contribution is 2.31. The van der Waals surface area contributed by atoms with Gasteiger partial charge in [0, 0.05) is 6.42 Å². The van der Waals surface area contributed by atoms with E-state index in [0.717, 1.165) is 11.1 Å². The van der Waals surface area contributed by atoms with Crippen LogP contribution in [0, 0.1) is 0 Å². The fourth-order valence-electron chi connectivity index (χ4n) is 1.79. The molecule has 1 atom stereocenters. The summed E-state index contributed by atoms with van der Waals surface area (Å²) in [6.45, 7) is 1.38. The van der Waals surface area contributed by atoms with E-state index in [9.17, 15) is 15.0 Å². The quantitative estimate of drug-likeness (QED) is 0.883. The van der Waals surface area contributed by atoms with E-state index in [4.69, 9.17) is 0 Å². The first-order valence-corrected chi connectivity index (χ1v) is 6.33. The number of allylic oxidation sites excluding steroid dienone is 2. The summed E-state index contributed by atoms with van der Waals surface area (Å²) < 4.78 is 0.613. The molecule has 0 fully saturated rings. The number of hydrogen-bond donors (Lipinski definition) is 2. The molecular weight excluding hydrogens is 296 g/mol. The summed E-state index contributed by atoms with van der Waals surface area (Å²) in [6, 6.07) is 5.18. The number of benzene rings is 1. The van der Waals surface area contributed by atoms with Gasteiger partial charge in [-0.05, 0) is 52.2 Å². The van der Waals surface area contributed by atoms with Gasteiger partial charge >= 0.3 is 0 Å². The maximum Gasteiger partial charge on any atom is 0.165 e. The lowest BCUT2D eigenvalue weighted by molar-refractivity contribution is -0.130. The second-order valence-corrected chi connectivity index (χ2v) is 5.20. The highest BCUT2D eigenvalue weighted by atomic mass is 79.9. The summed E-state index contributed by atoms with van der Waals surface area (Å²) in [7, 11) is 0. The van der Waals surface area contributed by atoms with E-state index < -0.39 is 5.60 Å². The summed E-state index contributed by atoms with van der Waals surface area (Å²) >= 11 is 3.25. The molecule has 18 heavy (non-hydrogen) atoms. The molecule has 0 bridgehead atoms. The summed E-state index contributed by atoms with van der Waals surface area (Å²) in [5, 5.41) is 19.4. The Hall–Kier alpha value is -1.39. The standard InChI is InChI=1S/C14H13BrO3/c1-9(16)14(18)6-4-10(5-7-14)11-2-3-13(17)12(15)8-11/h2-6,8,17-18H,7H2,1H3. The fourth-order valence-corrected chi connectivity index (χ4v) is 2.17. The van der Waals surface area contributed by atoms with Crippen LogP contribution in [0.1, 0.15) is 18.9 Å². The molecule has 0 aromatic heterocycles. The van der Waals surface area contributed by atoms with Gasteiger partial charge in [0.05, 0.1) is 4.47 Å². The zero-order chi connectivity index (χ0) is 13.3. The second kappa shape index (κ2) is 4.71. The van der Waals surface area contributed by atoms with Crippen molar-refractivity contribution >= 4 is 27.3 Å². The maximum absolute atomic E-state index is 11.3. The summed E-state index contributed by atoms with van der Waals surface area (Å²) in [5.74, 6) is -0.0830. The van der Waals surface area contributed by atoms with Gasteiger partial charge in [-0.2, -0.15) is 0 Å². The number of rotatable bonds is 2. The summed E-state index contributed by atoms with van der Waals surface area (Å²) in [6.07, 6.45) is 5.34. The third-order valence-corrected chi connectivity index (χ3v) is 3.70. The Balaban J connectivity index is 2.28. The number of carbonyl (C=O) groups excluding carboxylic acids is 1. The van der Waals surface area contributed by atoms with Crippen molar-refractivity contribution in [3.05, 3.63) is 46.5 Å². The molecule has 1 unspecified atom stereocenters. The zero-order valence-electron chi connectivity index (χ0n) is 9.85. The second-order valence-electron chi connectivity index (χ2n) is 4.34. The van der Waals surface area contributed by atoms with Gasteiger partial charge in [0.2, 0.25) is 0 Å². The lowest BCUT2D eigenvalue weighted by atomic mass is 9.87. The van der Waals surface area contributed by atoms with Crippen molar-refractivity contribution in [1.29, 1.82) is 0 Å². The third-order valence-electron chi connectivity index (χ3n) is 3.06. The molecule has 0 radical (unpaired) electrons. The van der Waals surface area contributed by atoms with Gasteiger partial charge in [-0.15, -0.1) is 0 Å². The minimum Gasteiger partial charge on any atom is -0.507 e. The Labute approximate surface area is 114 Å². The minimum absolute atomic E-state index is 0.180. The van der Waals surface area contributed by atoms with Crippen molar-refractivity contribution in [2.75, 3.05) is 0 Å². The lowest BCUT2D eigenvalue weighted by Gasteiger charge is -2.23. The average Bonchev–Trinajstić information content (AvgIpc) is 2.34. The number of Topliss-reactive ketones (excluding diaryl/α,β-unsaturated/α-hetero) is 1. The number of phenolic OH excluding ortho intramolecular Hbond substituents is 1. The third kappa shape index (κ3) is 2.40. The molecular formula is C14H13BrO3. The predicted molar refractivity (Wildman–Crippen MR) is 73.2 cm³/mol. The molecule has 4 heteroatoms. The van der Waals surface area contributed by atoms with Crippen molar-refractivity contribution < 1.29 is 15.0 Å². The van der Waals surface area contributed by atoms with E-state index in [1.165, 1.54) is 13.0 Å². The highest BCUT2D eigenvalue weighted by Gasteiger charge is 2.30. The van der Waals surface area contributed by atoms with Gasteiger partial charge in [-0.3, -0.25) is 4.79 Å². The molecule has 1 aliphatic carbocycles. The molecule has 0 aliphatic heterocycles. The number of halogens is 1. The first-order chi connectivity index (χ1) is 8.42. The lowest BCUT2D eigenvalue weighted by Crippen LogP contribution is -2.35. The van der Waals surface area contributed by atoms with E-state index in [0.29, 0.717) is 4.47 Å². The van der Waals surface area contributed by atoms with Gasteiger partial charge in [0.15, 0.2) is 5.78 Å². The van der Waals surface area contributed by atoms with Gasteiger partial charge in [-0.1, -0.05) is 18.2 Å². The van der Waals surface area contributed by atoms with Crippen LogP contribution in [0.4, 0.5) is 0 Å². The molecule has 0 saturated carbocycles. The van der Waals surface area contributed by atoms with Crippen LogP contribution < -0.4 is 0 Å². The number of carbonyl (C=O) groups is 1. The van der Waals surface area contributed by atoms with E-state index in [1.807, 2.05) is 6.08 Å². The van der Waals surface area contributed by atoms with Gasteiger partial charge in [0.1, 0.15) is 11.4 Å². The van der Waals surface area contributed by atoms with E-state index >= 15 is 0 Å². The van der Waals surface area contributed by atoms with Crippen molar-refractivity contribution in [1.82, 2.24) is 0 Å². The van der Waals surface area contributed by atoms with Crippen molar-refractivity contribution in [3.8, 4) is 5.75 Å². The average molecular weight is 309 g/mol. The van der Waals surface area contributed by atoms with Crippen LogP contribution >= 0.6 is 15.9 Å². The van der Waals surface area contributed by atoms with Crippen LogP contribution in [0.15, 0.2) is 40.9 Å². The Kier molecular flexibility index (Phi) is 3.41. The molecule has 1 aromatic rings. The Morgan fingerprint density at radius 1 is 1.44 bits per heavy atom. The van der Waals surface area contributed by atoms with Crippen LogP contribution in [0.5, 0.6) is 5.75 Å². The van der Waals surface area contributed by atoms with Crippen LogP contribution in [0.3, 0.4) is 0 Å². The smallest absolute Gasteiger partial charge is 0.165 e. The van der Waals surface area contributed by atoms with Crippen LogP contribution in [0.2, 0.25) is 0 Å². The van der Waals surface area contributed by atoms with Crippen LogP contribution in [0.25, 0.3) is 5.57 Å². The molecule has 94 valence electrons. The summed E-state index contributed by atoms with van der Waals surface area (Å²) in [4.78, 5) is 11.3. The molecule has 2 N–H and O–H groups in total. The molecule has 2 rings (SSSR count). The zero-order valence-corrected chi connectivity index (χ0v) is 11.4. The van der Waals surface area contributed by atoms with E-state index in [2.05, 4.69) is 15.9 Å². The van der Waals surface area contributed by atoms with Crippen molar-refractivity contribution in [2.24, 2.45) is 0 Å². The first-order valence-electron chi connectivity index (χ1n) is 5.54. The molecule has 0 amide bonds. The SMILES string of the molecule is CC(=O)C1(O)C=CC(c2ccc(O)c(Br)c2)=CC1. The monoisotopic (exact) mass is 308 g/mol. The highest BCUT2D eigenvalue weighted by molar-refractivity contribution is 9.10. The number of ketones is 1. The predicted octanol–water partition coefficient (Wildman–Crippen LogP) is 2.82. The molecule has 1 aromatic carbocycles. The number of aliphatic hydroxyl groups is 1. The van der Waals surface area contributed by atoms with Crippen LogP contribution in [-0.4, -0.2) is 21.6 Å². The van der Waals surface area contributed by atoms with Crippen LogP contribution in [-0.2, 0) is 4.79 Å². The molecule has 0 heterocycles. The van der Waals surface area contributed by atoms with Gasteiger partial charge in [-0.25, -0.2) is 0 Å². The van der Waals surface area contributed by atoms with Gasteiger partial charge < -0.3 is 10.2 Å². The molecule has 3 nitrogen and oxygen atoms in total. The molecule has 1 aliphatic rings. The van der Waals surface area contributed by atoms with E-state index in [1.54, 1.807) is 24.3 Å². The normalized spacial score (nSPS) is 22.7. The fraction of sp³-hybridized carbons (Fsp3) is 0.214. The molecule has 0 spiro atoms. The number of aromatic hydroxyl groups is 1. The number of phenols is 1. The number of hydrogen-bond acceptors (Lipinski definition) is 3. The largest absolute Gasteiger partial charge is 0.507 e. The van der Waals surface area contributed by atoms with Crippen molar-refractivity contribution in [2.45, 2.75) is 18.9 Å². The topological polar surface area (TPSA) is 57.5 Å². The summed E-state index contributed by atoms with van der Waals surface area (Å²) in [5.41, 5.74) is 0.459.